The molecule has 6 nitrogen and oxygen atoms in total. The second kappa shape index (κ2) is 10.5. The van der Waals surface area contributed by atoms with E-state index in [1.54, 1.807) is 0 Å². The van der Waals surface area contributed by atoms with Crippen LogP contribution in [0.25, 0.3) is 0 Å². The number of aliphatic imine (C=N–C) groups is 1. The SMILES string of the molecule is Cc1ccc(C2=NN(C3=NC(=O)[C@@H](CC(=O)Nc4ccc(C)c(C)c4)S3)[C@H](c3ccc(Cl)cc3)C2)cc1. The first-order chi connectivity index (χ1) is 17.8. The predicted octanol–water partition coefficient (Wildman–Crippen LogP) is 6.44. The standard InChI is InChI=1S/C29H27ClN4O2S/c1-17-4-7-20(8-5-17)24-15-25(21-9-11-22(30)12-10-21)34(33-24)29-32-28(36)26(37-29)16-27(35)31-23-13-6-18(2)19(3)14-23/h4-14,25-26H,15-16H2,1-3H3,(H,31,35)/t25-,26+/m0/s1. The van der Waals surface area contributed by atoms with Crippen LogP contribution >= 0.6 is 23.4 Å². The molecular weight excluding hydrogens is 504 g/mol. The van der Waals surface area contributed by atoms with Crippen LogP contribution in [-0.4, -0.2) is 33.0 Å². The van der Waals surface area contributed by atoms with E-state index in [1.165, 1.54) is 17.3 Å². The van der Waals surface area contributed by atoms with Gasteiger partial charge in [-0.15, -0.1) is 0 Å². The van der Waals surface area contributed by atoms with Crippen LogP contribution in [0.5, 0.6) is 0 Å². The van der Waals surface area contributed by atoms with Crippen LogP contribution in [0.2, 0.25) is 5.02 Å². The van der Waals surface area contributed by atoms with Crippen molar-refractivity contribution in [2.45, 2.75) is 44.9 Å². The van der Waals surface area contributed by atoms with Crippen molar-refractivity contribution in [2.24, 2.45) is 10.1 Å². The second-order valence-corrected chi connectivity index (χ2v) is 11.0. The van der Waals surface area contributed by atoms with Gasteiger partial charge in [-0.25, -0.2) is 5.01 Å². The summed E-state index contributed by atoms with van der Waals surface area (Å²) in [6, 6.07) is 21.5. The van der Waals surface area contributed by atoms with Gasteiger partial charge in [-0.2, -0.15) is 10.1 Å². The average molecular weight is 531 g/mol. The number of halogens is 1. The number of carbonyl (C=O) groups is 2. The number of rotatable bonds is 5. The van der Waals surface area contributed by atoms with Crippen molar-refractivity contribution < 1.29 is 9.59 Å². The molecule has 8 heteroatoms. The molecule has 0 saturated carbocycles. The minimum Gasteiger partial charge on any atom is -0.326 e. The van der Waals surface area contributed by atoms with Gasteiger partial charge in [0.2, 0.25) is 5.91 Å². The van der Waals surface area contributed by atoms with Crippen molar-refractivity contribution in [2.75, 3.05) is 5.32 Å². The summed E-state index contributed by atoms with van der Waals surface area (Å²) in [5.41, 5.74) is 7.14. The highest BCUT2D eigenvalue weighted by Gasteiger charge is 2.39. The van der Waals surface area contributed by atoms with Crippen LogP contribution in [0.4, 0.5) is 5.69 Å². The lowest BCUT2D eigenvalue weighted by Gasteiger charge is -2.23. The summed E-state index contributed by atoms with van der Waals surface area (Å²) in [6.07, 6.45) is 0.702. The molecule has 0 radical (unpaired) electrons. The molecule has 0 saturated heterocycles. The zero-order valence-electron chi connectivity index (χ0n) is 20.9. The van der Waals surface area contributed by atoms with Gasteiger partial charge in [0.15, 0.2) is 5.17 Å². The Bertz CT molecular complexity index is 1420. The molecule has 2 aliphatic rings. The molecule has 5 rings (SSSR count). The van der Waals surface area contributed by atoms with Gasteiger partial charge in [-0.1, -0.05) is 71.4 Å². The Hall–Kier alpha value is -3.42. The molecule has 188 valence electrons. The number of thioether (sulfide) groups is 1. The number of nitrogens with zero attached hydrogens (tertiary/aromatic N) is 3. The minimum atomic E-state index is -0.592. The van der Waals surface area contributed by atoms with Gasteiger partial charge >= 0.3 is 0 Å². The van der Waals surface area contributed by atoms with E-state index in [9.17, 15) is 9.59 Å². The van der Waals surface area contributed by atoms with E-state index in [0.29, 0.717) is 16.6 Å². The fourth-order valence-electron chi connectivity index (χ4n) is 4.36. The van der Waals surface area contributed by atoms with E-state index < -0.39 is 5.25 Å². The molecule has 0 fully saturated rings. The maximum atomic E-state index is 12.8. The summed E-state index contributed by atoms with van der Waals surface area (Å²) in [5, 5.41) is 10.2. The smallest absolute Gasteiger partial charge is 0.262 e. The summed E-state index contributed by atoms with van der Waals surface area (Å²) in [7, 11) is 0. The molecular formula is C29H27ClN4O2S. The third-order valence-electron chi connectivity index (χ3n) is 6.64. The molecule has 0 aliphatic carbocycles. The fourth-order valence-corrected chi connectivity index (χ4v) is 5.54. The second-order valence-electron chi connectivity index (χ2n) is 9.42. The number of hydrazone groups is 1. The van der Waals surface area contributed by atoms with Crippen LogP contribution in [0.3, 0.4) is 0 Å². The Morgan fingerprint density at radius 1 is 1.03 bits per heavy atom. The maximum absolute atomic E-state index is 12.8. The monoisotopic (exact) mass is 530 g/mol. The first-order valence-electron chi connectivity index (χ1n) is 12.1. The van der Waals surface area contributed by atoms with Gasteiger partial charge < -0.3 is 5.32 Å². The Balaban J connectivity index is 1.34. The number of carbonyl (C=O) groups excluding carboxylic acids is 2. The van der Waals surface area contributed by atoms with E-state index in [0.717, 1.165) is 33.7 Å². The van der Waals surface area contributed by atoms with Crippen molar-refractivity contribution >= 4 is 51.7 Å². The van der Waals surface area contributed by atoms with E-state index in [2.05, 4.69) is 41.5 Å². The number of aryl methyl sites for hydroxylation is 3. The summed E-state index contributed by atoms with van der Waals surface area (Å²) in [5.74, 6) is -0.533. The highest BCUT2D eigenvalue weighted by Crippen LogP contribution is 2.39. The number of hydrogen-bond acceptors (Lipinski definition) is 5. The molecule has 0 aromatic heterocycles. The molecule has 0 unspecified atom stereocenters. The quantitative estimate of drug-likeness (QED) is 0.411. The lowest BCUT2D eigenvalue weighted by molar-refractivity contribution is -0.121. The Kier molecular flexibility index (Phi) is 7.17. The summed E-state index contributed by atoms with van der Waals surface area (Å²) in [4.78, 5) is 29.9. The fraction of sp³-hybridized carbons (Fsp3) is 0.241. The number of nitrogens with one attached hydrogen (secondary N) is 1. The number of amides is 2. The molecule has 2 heterocycles. The predicted molar refractivity (Wildman–Crippen MR) is 151 cm³/mol. The summed E-state index contributed by atoms with van der Waals surface area (Å²) < 4.78 is 0. The average Bonchev–Trinajstić information content (AvgIpc) is 3.46. The zero-order chi connectivity index (χ0) is 26.1. The van der Waals surface area contributed by atoms with E-state index >= 15 is 0 Å². The number of benzene rings is 3. The molecule has 37 heavy (non-hydrogen) atoms. The first kappa shape index (κ1) is 25.2. The van der Waals surface area contributed by atoms with Crippen LogP contribution in [0.1, 0.15) is 46.7 Å². The lowest BCUT2D eigenvalue weighted by atomic mass is 9.98. The number of anilines is 1. The van der Waals surface area contributed by atoms with Crippen molar-refractivity contribution in [3.8, 4) is 0 Å². The molecule has 1 N–H and O–H groups in total. The lowest BCUT2D eigenvalue weighted by Crippen LogP contribution is -2.25. The zero-order valence-corrected chi connectivity index (χ0v) is 22.4. The van der Waals surface area contributed by atoms with E-state index in [4.69, 9.17) is 16.7 Å². The van der Waals surface area contributed by atoms with Gasteiger partial charge in [-0.05, 0) is 67.3 Å². The van der Waals surface area contributed by atoms with Crippen LogP contribution < -0.4 is 5.32 Å². The number of amidine groups is 1. The largest absolute Gasteiger partial charge is 0.326 e. The highest BCUT2D eigenvalue weighted by molar-refractivity contribution is 8.15. The highest BCUT2D eigenvalue weighted by atomic mass is 35.5. The van der Waals surface area contributed by atoms with E-state index in [1.807, 2.05) is 61.3 Å². The molecule has 0 spiro atoms. The van der Waals surface area contributed by atoms with Crippen LogP contribution in [-0.2, 0) is 9.59 Å². The van der Waals surface area contributed by atoms with Gasteiger partial charge in [0, 0.05) is 23.6 Å². The van der Waals surface area contributed by atoms with Gasteiger partial charge in [0.25, 0.3) is 5.91 Å². The van der Waals surface area contributed by atoms with Gasteiger partial charge in [0.1, 0.15) is 5.25 Å². The molecule has 2 aliphatic heterocycles. The van der Waals surface area contributed by atoms with Crippen molar-refractivity contribution in [3.05, 3.63) is 99.6 Å². The Morgan fingerprint density at radius 2 is 1.76 bits per heavy atom. The molecule has 3 aromatic rings. The van der Waals surface area contributed by atoms with Crippen molar-refractivity contribution in [1.82, 2.24) is 5.01 Å². The third kappa shape index (κ3) is 5.63. The third-order valence-corrected chi connectivity index (χ3v) is 8.03. The topological polar surface area (TPSA) is 74.1 Å². The van der Waals surface area contributed by atoms with Crippen LogP contribution in [0, 0.1) is 20.8 Å². The number of hydrogen-bond donors (Lipinski definition) is 1. The molecule has 2 amide bonds. The van der Waals surface area contributed by atoms with Crippen molar-refractivity contribution in [3.63, 3.8) is 0 Å². The van der Waals surface area contributed by atoms with Gasteiger partial charge in [0.05, 0.1) is 11.8 Å². The normalized spacial score (nSPS) is 19.1. The Labute approximate surface area is 225 Å². The molecule has 3 aromatic carbocycles. The van der Waals surface area contributed by atoms with Crippen molar-refractivity contribution in [1.29, 1.82) is 0 Å². The first-order valence-corrected chi connectivity index (χ1v) is 13.4. The maximum Gasteiger partial charge on any atom is 0.262 e. The van der Waals surface area contributed by atoms with Gasteiger partial charge in [-0.3, -0.25) is 9.59 Å². The van der Waals surface area contributed by atoms with Crippen LogP contribution in [0.15, 0.2) is 76.8 Å². The molecule has 0 bridgehead atoms. The van der Waals surface area contributed by atoms with E-state index in [-0.39, 0.29) is 24.3 Å². The minimum absolute atomic E-state index is 0.0391. The molecule has 2 atom stereocenters. The summed E-state index contributed by atoms with van der Waals surface area (Å²) in [6.45, 7) is 6.07. The summed E-state index contributed by atoms with van der Waals surface area (Å²) >= 11 is 7.42. The Morgan fingerprint density at radius 3 is 2.46 bits per heavy atom.